The van der Waals surface area contributed by atoms with E-state index < -0.39 is 0 Å². The Morgan fingerprint density at radius 3 is 2.82 bits per heavy atom. The Labute approximate surface area is 130 Å². The average Bonchev–Trinajstić information content (AvgIpc) is 2.93. The van der Waals surface area contributed by atoms with Crippen LogP contribution in [0.2, 0.25) is 0 Å². The van der Waals surface area contributed by atoms with Gasteiger partial charge in [0.2, 0.25) is 0 Å². The van der Waals surface area contributed by atoms with Crippen molar-refractivity contribution in [3.8, 4) is 0 Å². The van der Waals surface area contributed by atoms with Gasteiger partial charge in [0.15, 0.2) is 0 Å². The number of carbonyl (C=O) groups is 1. The number of rotatable bonds is 4. The van der Waals surface area contributed by atoms with Gasteiger partial charge in [0.1, 0.15) is 11.4 Å². The Morgan fingerprint density at radius 1 is 1.27 bits per heavy atom. The van der Waals surface area contributed by atoms with Crippen LogP contribution in [0.15, 0.2) is 0 Å². The third-order valence-electron chi connectivity index (χ3n) is 4.69. The molecule has 1 aromatic rings. The van der Waals surface area contributed by atoms with Crippen LogP contribution in [0.4, 0.5) is 4.79 Å². The zero-order valence-electron chi connectivity index (χ0n) is 13.4. The van der Waals surface area contributed by atoms with E-state index in [4.69, 9.17) is 4.74 Å². The number of hydrogen-bond donors (Lipinski definition) is 0. The molecule has 0 N–H and O–H groups in total. The molecular formula is C14H24N6O2. The maximum atomic E-state index is 11.6. The largest absolute Gasteiger partial charge is 0.441 e. The fraction of sp³-hybridized carbons (Fsp3) is 0.857. The van der Waals surface area contributed by atoms with Gasteiger partial charge in [-0.15, -0.1) is 5.10 Å². The molecule has 0 bridgehead atoms. The van der Waals surface area contributed by atoms with Crippen LogP contribution in [-0.2, 0) is 11.3 Å². The number of aryl methyl sites for hydroxylation is 2. The number of amides is 1. The third kappa shape index (κ3) is 3.21. The van der Waals surface area contributed by atoms with Crippen molar-refractivity contribution in [2.24, 2.45) is 0 Å². The van der Waals surface area contributed by atoms with E-state index in [1.54, 1.807) is 4.90 Å². The van der Waals surface area contributed by atoms with E-state index in [-0.39, 0.29) is 11.7 Å². The van der Waals surface area contributed by atoms with E-state index in [1.807, 2.05) is 18.7 Å². The number of nitrogens with zero attached hydrogens (tertiary/aromatic N) is 6. The van der Waals surface area contributed by atoms with Crippen LogP contribution in [0.25, 0.3) is 0 Å². The molecule has 0 aromatic carbocycles. The zero-order chi connectivity index (χ0) is 15.6. The van der Waals surface area contributed by atoms with Crippen molar-refractivity contribution in [2.75, 3.05) is 33.2 Å². The van der Waals surface area contributed by atoms with Crippen molar-refractivity contribution in [1.29, 1.82) is 0 Å². The number of tetrazole rings is 1. The molecule has 122 valence electrons. The summed E-state index contributed by atoms with van der Waals surface area (Å²) >= 11 is 0. The first-order valence-corrected chi connectivity index (χ1v) is 7.97. The number of hydrogen-bond acceptors (Lipinski definition) is 6. The minimum Gasteiger partial charge on any atom is -0.441 e. The lowest BCUT2D eigenvalue weighted by Gasteiger charge is -2.25. The van der Waals surface area contributed by atoms with Gasteiger partial charge in [-0.05, 0) is 49.7 Å². The lowest BCUT2D eigenvalue weighted by atomic mass is 9.95. The summed E-state index contributed by atoms with van der Waals surface area (Å²) < 4.78 is 7.48. The first-order chi connectivity index (χ1) is 10.6. The second-order valence-corrected chi connectivity index (χ2v) is 6.41. The van der Waals surface area contributed by atoms with E-state index in [0.29, 0.717) is 0 Å². The van der Waals surface area contributed by atoms with Crippen molar-refractivity contribution in [2.45, 2.75) is 44.8 Å². The molecule has 0 radical (unpaired) electrons. The zero-order valence-corrected chi connectivity index (χ0v) is 13.4. The molecule has 2 aliphatic rings. The van der Waals surface area contributed by atoms with E-state index in [9.17, 15) is 4.79 Å². The second-order valence-electron chi connectivity index (χ2n) is 6.41. The van der Waals surface area contributed by atoms with E-state index in [0.717, 1.165) is 64.2 Å². The molecule has 22 heavy (non-hydrogen) atoms. The molecular weight excluding hydrogens is 284 g/mol. The molecule has 3 heterocycles. The normalized spacial score (nSPS) is 26.5. The van der Waals surface area contributed by atoms with Gasteiger partial charge in [-0.2, -0.15) is 0 Å². The fourth-order valence-electron chi connectivity index (χ4n) is 3.40. The predicted molar refractivity (Wildman–Crippen MR) is 79.3 cm³/mol. The number of likely N-dealkylation sites (tertiary alicyclic amines) is 1. The highest BCUT2D eigenvalue weighted by molar-refractivity contribution is 5.70. The molecule has 3 rings (SSSR count). The first kappa shape index (κ1) is 15.2. The van der Waals surface area contributed by atoms with Crippen molar-refractivity contribution in [1.82, 2.24) is 30.0 Å². The fourth-order valence-corrected chi connectivity index (χ4v) is 3.40. The summed E-state index contributed by atoms with van der Waals surface area (Å²) in [7, 11) is 1.81. The Morgan fingerprint density at radius 2 is 2.14 bits per heavy atom. The third-order valence-corrected chi connectivity index (χ3v) is 4.69. The van der Waals surface area contributed by atoms with Crippen molar-refractivity contribution < 1.29 is 9.53 Å². The van der Waals surface area contributed by atoms with Crippen molar-refractivity contribution >= 4 is 6.09 Å². The molecule has 2 aliphatic heterocycles. The Hall–Kier alpha value is -1.70. The van der Waals surface area contributed by atoms with Gasteiger partial charge in [0, 0.05) is 26.6 Å². The van der Waals surface area contributed by atoms with Crippen LogP contribution in [0.3, 0.4) is 0 Å². The number of carbonyl (C=O) groups excluding carboxylic acids is 1. The van der Waals surface area contributed by atoms with Crippen LogP contribution < -0.4 is 0 Å². The first-order valence-electron chi connectivity index (χ1n) is 7.97. The summed E-state index contributed by atoms with van der Waals surface area (Å²) in [6.45, 7) is 6.56. The van der Waals surface area contributed by atoms with Gasteiger partial charge < -0.3 is 14.5 Å². The number of aromatic nitrogens is 4. The quantitative estimate of drug-likeness (QED) is 0.814. The molecule has 0 aliphatic carbocycles. The van der Waals surface area contributed by atoms with E-state index in [2.05, 4.69) is 20.4 Å². The second kappa shape index (κ2) is 6.20. The van der Waals surface area contributed by atoms with Gasteiger partial charge in [-0.1, -0.05) is 0 Å². The Balaban J connectivity index is 1.47. The van der Waals surface area contributed by atoms with Crippen LogP contribution in [-0.4, -0.2) is 74.9 Å². The van der Waals surface area contributed by atoms with Crippen LogP contribution in [0, 0.1) is 6.92 Å². The maximum Gasteiger partial charge on any atom is 0.410 e. The highest BCUT2D eigenvalue weighted by Crippen LogP contribution is 2.32. The maximum absolute atomic E-state index is 11.6. The van der Waals surface area contributed by atoms with Crippen molar-refractivity contribution in [3.05, 3.63) is 5.82 Å². The number of ether oxygens (including phenoxy) is 1. The molecule has 1 unspecified atom stereocenters. The standard InChI is InChI=1S/C14H24N6O2/c1-12-15-16-17-20(12)9-4-8-19-7-3-5-14(6-10-19)11-18(2)13(21)22-14/h3-11H2,1-2H3. The lowest BCUT2D eigenvalue weighted by Crippen LogP contribution is -2.35. The van der Waals surface area contributed by atoms with E-state index in [1.165, 1.54) is 0 Å². The van der Waals surface area contributed by atoms with Gasteiger partial charge in [-0.25, -0.2) is 9.48 Å². The Bertz CT molecular complexity index is 533. The number of likely N-dealkylation sites (N-methyl/N-ethyl adjacent to an activating group) is 1. The minimum absolute atomic E-state index is 0.178. The van der Waals surface area contributed by atoms with Gasteiger partial charge in [0.25, 0.3) is 0 Å². The lowest BCUT2D eigenvalue weighted by molar-refractivity contribution is 0.0444. The summed E-state index contributed by atoms with van der Waals surface area (Å²) in [6.07, 6.45) is 3.81. The summed E-state index contributed by atoms with van der Waals surface area (Å²) in [5.74, 6) is 0.857. The highest BCUT2D eigenvalue weighted by Gasteiger charge is 2.44. The molecule has 2 saturated heterocycles. The molecule has 8 heteroatoms. The molecule has 1 amide bonds. The SMILES string of the molecule is Cc1nnnn1CCCN1CCCC2(CC1)CN(C)C(=O)O2. The molecule has 8 nitrogen and oxygen atoms in total. The minimum atomic E-state index is -0.257. The average molecular weight is 308 g/mol. The highest BCUT2D eigenvalue weighted by atomic mass is 16.6. The van der Waals surface area contributed by atoms with Crippen LogP contribution in [0.5, 0.6) is 0 Å². The van der Waals surface area contributed by atoms with Crippen molar-refractivity contribution in [3.63, 3.8) is 0 Å². The predicted octanol–water partition coefficient (Wildman–Crippen LogP) is 0.678. The summed E-state index contributed by atoms with van der Waals surface area (Å²) in [5, 5.41) is 11.5. The monoisotopic (exact) mass is 308 g/mol. The summed E-state index contributed by atoms with van der Waals surface area (Å²) in [5.41, 5.74) is -0.257. The summed E-state index contributed by atoms with van der Waals surface area (Å²) in [6, 6.07) is 0. The molecule has 1 atom stereocenters. The van der Waals surface area contributed by atoms with Crippen LogP contribution >= 0.6 is 0 Å². The van der Waals surface area contributed by atoms with E-state index >= 15 is 0 Å². The van der Waals surface area contributed by atoms with Gasteiger partial charge in [-0.3, -0.25) is 0 Å². The Kier molecular flexibility index (Phi) is 4.28. The van der Waals surface area contributed by atoms with Gasteiger partial charge in [0.05, 0.1) is 6.54 Å². The molecule has 0 saturated carbocycles. The van der Waals surface area contributed by atoms with Gasteiger partial charge >= 0.3 is 6.09 Å². The molecule has 1 spiro atoms. The smallest absolute Gasteiger partial charge is 0.410 e. The topological polar surface area (TPSA) is 76.4 Å². The van der Waals surface area contributed by atoms with Crippen LogP contribution in [0.1, 0.15) is 31.5 Å². The summed E-state index contributed by atoms with van der Waals surface area (Å²) in [4.78, 5) is 15.8. The molecule has 1 aromatic heterocycles. The molecule has 2 fully saturated rings.